The van der Waals surface area contributed by atoms with E-state index in [9.17, 15) is 0 Å². The molecule has 1 heterocycles. The van der Waals surface area contributed by atoms with Crippen LogP contribution in [0.25, 0.3) is 0 Å². The molecule has 0 aliphatic heterocycles. The van der Waals surface area contributed by atoms with Gasteiger partial charge < -0.3 is 4.98 Å². The van der Waals surface area contributed by atoms with Crippen molar-refractivity contribution in [2.24, 2.45) is 0 Å². The van der Waals surface area contributed by atoms with Gasteiger partial charge >= 0.3 is 0 Å². The molecule has 0 spiro atoms. The molecule has 1 nitrogen and oxygen atoms in total. The van der Waals surface area contributed by atoms with E-state index in [1.54, 1.807) is 0 Å². The van der Waals surface area contributed by atoms with Gasteiger partial charge in [0, 0.05) is 48.4 Å². The van der Waals surface area contributed by atoms with Crippen LogP contribution in [-0.2, 0) is 37.0 Å². The summed E-state index contributed by atoms with van der Waals surface area (Å²) in [4.78, 5) is 3.49. The largest absolute Gasteiger partial charge is 0.361 e. The van der Waals surface area contributed by atoms with Gasteiger partial charge in [-0.15, -0.1) is 0 Å². The Kier molecular flexibility index (Phi) is 4.40. The van der Waals surface area contributed by atoms with Crippen LogP contribution in [0, 0.1) is 0 Å². The fraction of sp³-hybridized carbons (Fsp3) is 0.667. The SMILES string of the molecule is CC(C)(C)c1ccc(C(C)(C)C)[nH]1.[Zr]. The molecule has 0 unspecified atom stereocenters. The zero-order valence-corrected chi connectivity index (χ0v) is 12.6. The number of aromatic nitrogens is 1. The molecule has 0 radical (unpaired) electrons. The minimum Gasteiger partial charge on any atom is -0.361 e. The Hall–Kier alpha value is 0.163. The summed E-state index contributed by atoms with van der Waals surface area (Å²) in [6, 6.07) is 4.39. The van der Waals surface area contributed by atoms with Gasteiger partial charge in [-0.1, -0.05) is 41.5 Å². The van der Waals surface area contributed by atoms with E-state index in [0.717, 1.165) is 0 Å². The van der Waals surface area contributed by atoms with Gasteiger partial charge in [-0.25, -0.2) is 0 Å². The molecular formula is C12H21NZr. The third-order valence-corrected chi connectivity index (χ3v) is 2.30. The van der Waals surface area contributed by atoms with E-state index in [-0.39, 0.29) is 37.0 Å². The van der Waals surface area contributed by atoms with E-state index in [4.69, 9.17) is 0 Å². The van der Waals surface area contributed by atoms with Crippen molar-refractivity contribution in [3.8, 4) is 0 Å². The third-order valence-electron chi connectivity index (χ3n) is 2.30. The number of aromatic amines is 1. The predicted octanol–water partition coefficient (Wildman–Crippen LogP) is 3.61. The van der Waals surface area contributed by atoms with Gasteiger partial charge in [-0.3, -0.25) is 0 Å². The Morgan fingerprint density at radius 1 is 0.786 bits per heavy atom. The monoisotopic (exact) mass is 269 g/mol. The first-order valence-corrected chi connectivity index (χ1v) is 4.91. The maximum atomic E-state index is 3.49. The second-order valence-corrected chi connectivity index (χ2v) is 5.79. The Morgan fingerprint density at radius 2 is 1.07 bits per heavy atom. The summed E-state index contributed by atoms with van der Waals surface area (Å²) >= 11 is 0. The molecule has 0 saturated heterocycles. The molecule has 0 atom stereocenters. The summed E-state index contributed by atoms with van der Waals surface area (Å²) in [5.74, 6) is 0. The minimum atomic E-state index is 0. The summed E-state index contributed by atoms with van der Waals surface area (Å²) in [5, 5.41) is 0. The maximum absolute atomic E-state index is 3.49. The van der Waals surface area contributed by atoms with Crippen molar-refractivity contribution in [3.05, 3.63) is 23.5 Å². The van der Waals surface area contributed by atoms with Crippen LogP contribution in [0.15, 0.2) is 12.1 Å². The van der Waals surface area contributed by atoms with Gasteiger partial charge in [-0.2, -0.15) is 0 Å². The van der Waals surface area contributed by atoms with Crippen LogP contribution in [0.4, 0.5) is 0 Å². The zero-order chi connectivity index (χ0) is 10.3. The summed E-state index contributed by atoms with van der Waals surface area (Å²) in [7, 11) is 0. The first-order chi connectivity index (χ1) is 5.71. The van der Waals surface area contributed by atoms with E-state index in [2.05, 4.69) is 58.7 Å². The third kappa shape index (κ3) is 3.38. The number of rotatable bonds is 0. The van der Waals surface area contributed by atoms with Gasteiger partial charge in [0.15, 0.2) is 0 Å². The van der Waals surface area contributed by atoms with E-state index >= 15 is 0 Å². The molecule has 0 saturated carbocycles. The van der Waals surface area contributed by atoms with Crippen LogP contribution >= 0.6 is 0 Å². The van der Waals surface area contributed by atoms with Crippen molar-refractivity contribution in [1.82, 2.24) is 4.98 Å². The van der Waals surface area contributed by atoms with E-state index in [0.29, 0.717) is 0 Å². The normalized spacial score (nSPS) is 12.4. The van der Waals surface area contributed by atoms with Crippen molar-refractivity contribution in [1.29, 1.82) is 0 Å². The summed E-state index contributed by atoms with van der Waals surface area (Å²) < 4.78 is 0. The first-order valence-electron chi connectivity index (χ1n) is 4.91. The van der Waals surface area contributed by atoms with Gasteiger partial charge in [0.25, 0.3) is 0 Å². The molecule has 0 aromatic carbocycles. The average molecular weight is 271 g/mol. The molecule has 0 amide bonds. The van der Waals surface area contributed by atoms with Crippen LogP contribution in [0.2, 0.25) is 0 Å². The van der Waals surface area contributed by atoms with Crippen LogP contribution in [-0.4, -0.2) is 4.98 Å². The van der Waals surface area contributed by atoms with Gasteiger partial charge in [0.1, 0.15) is 0 Å². The van der Waals surface area contributed by atoms with Crippen LogP contribution in [0.3, 0.4) is 0 Å². The molecule has 0 aliphatic rings. The Balaban J connectivity index is 0.00000169. The molecule has 1 N–H and O–H groups in total. The molecule has 1 aromatic heterocycles. The molecular weight excluding hydrogens is 249 g/mol. The van der Waals surface area contributed by atoms with Crippen LogP contribution < -0.4 is 0 Å². The molecule has 78 valence electrons. The molecule has 0 aliphatic carbocycles. The molecule has 14 heavy (non-hydrogen) atoms. The van der Waals surface area contributed by atoms with E-state index < -0.39 is 0 Å². The fourth-order valence-electron chi connectivity index (χ4n) is 1.27. The molecule has 0 fully saturated rings. The van der Waals surface area contributed by atoms with Crippen molar-refractivity contribution >= 4 is 0 Å². The van der Waals surface area contributed by atoms with E-state index in [1.807, 2.05) is 0 Å². The number of H-pyrrole nitrogens is 1. The summed E-state index contributed by atoms with van der Waals surface area (Å²) in [6.45, 7) is 13.4. The average Bonchev–Trinajstić information content (AvgIpc) is 2.28. The quantitative estimate of drug-likeness (QED) is 0.741. The summed E-state index contributed by atoms with van der Waals surface area (Å²) in [6.07, 6.45) is 0. The van der Waals surface area contributed by atoms with Crippen molar-refractivity contribution < 1.29 is 26.2 Å². The maximum Gasteiger partial charge on any atom is 0.0204 e. The van der Waals surface area contributed by atoms with Crippen LogP contribution in [0.1, 0.15) is 52.9 Å². The Morgan fingerprint density at radius 3 is 1.21 bits per heavy atom. The standard InChI is InChI=1S/C12H21N.Zr/c1-11(2,3)9-7-8-10(13-9)12(4,5)6;/h7-8,13H,1-6H3;. The Labute approximate surface area is 107 Å². The van der Waals surface area contributed by atoms with Gasteiger partial charge in [0.2, 0.25) is 0 Å². The number of hydrogen-bond acceptors (Lipinski definition) is 0. The zero-order valence-electron chi connectivity index (χ0n) is 10.2. The van der Waals surface area contributed by atoms with Crippen molar-refractivity contribution in [3.63, 3.8) is 0 Å². The molecule has 2 heteroatoms. The van der Waals surface area contributed by atoms with Gasteiger partial charge in [-0.05, 0) is 12.1 Å². The fourth-order valence-corrected chi connectivity index (χ4v) is 1.27. The molecule has 1 aromatic rings. The second kappa shape index (κ2) is 4.35. The Bertz CT molecular complexity index is 258. The predicted molar refractivity (Wildman–Crippen MR) is 58.2 cm³/mol. The van der Waals surface area contributed by atoms with Crippen molar-refractivity contribution in [2.45, 2.75) is 52.4 Å². The first kappa shape index (κ1) is 14.2. The second-order valence-electron chi connectivity index (χ2n) is 5.79. The van der Waals surface area contributed by atoms with E-state index in [1.165, 1.54) is 11.4 Å². The number of hydrogen-bond donors (Lipinski definition) is 1. The van der Waals surface area contributed by atoms with Gasteiger partial charge in [0.05, 0.1) is 0 Å². The topological polar surface area (TPSA) is 15.8 Å². The van der Waals surface area contributed by atoms with Crippen molar-refractivity contribution in [2.75, 3.05) is 0 Å². The smallest absolute Gasteiger partial charge is 0.0204 e. The minimum absolute atomic E-state index is 0. The molecule has 0 bridgehead atoms. The molecule has 1 rings (SSSR count). The number of nitrogens with one attached hydrogen (secondary N) is 1. The van der Waals surface area contributed by atoms with Crippen LogP contribution in [0.5, 0.6) is 0 Å². The summed E-state index contributed by atoms with van der Waals surface area (Å²) in [5.41, 5.74) is 3.09.